The summed E-state index contributed by atoms with van der Waals surface area (Å²) < 4.78 is 38.5. The number of aromatic nitrogens is 1. The van der Waals surface area contributed by atoms with Crippen molar-refractivity contribution in [2.24, 2.45) is 0 Å². The maximum Gasteiger partial charge on any atom is 0.375 e. The zero-order chi connectivity index (χ0) is 18.4. The van der Waals surface area contributed by atoms with Crippen LogP contribution in [0.25, 0.3) is 17.2 Å². The molecule has 0 aliphatic carbocycles. The summed E-state index contributed by atoms with van der Waals surface area (Å²) in [7, 11) is -3.92. The highest BCUT2D eigenvalue weighted by atomic mass is 32.2. The van der Waals surface area contributed by atoms with Crippen LogP contribution in [0, 0.1) is 0 Å². The van der Waals surface area contributed by atoms with Crippen molar-refractivity contribution < 1.29 is 22.0 Å². The fourth-order valence-electron chi connectivity index (χ4n) is 2.71. The summed E-state index contributed by atoms with van der Waals surface area (Å²) in [6, 6.07) is 17.5. The Morgan fingerprint density at radius 3 is 2.54 bits per heavy atom. The second kappa shape index (κ2) is 8.16. The van der Waals surface area contributed by atoms with E-state index in [-0.39, 0.29) is 5.75 Å². The van der Waals surface area contributed by atoms with Crippen LogP contribution < -0.4 is 9.88 Å². The Morgan fingerprint density at radius 2 is 1.77 bits per heavy atom. The summed E-state index contributed by atoms with van der Waals surface area (Å²) in [4.78, 5) is 0. The van der Waals surface area contributed by atoms with E-state index in [1.165, 1.54) is 0 Å². The summed E-state index contributed by atoms with van der Waals surface area (Å²) in [6.07, 6.45) is 4.65. The first-order chi connectivity index (χ1) is 12.5. The monoisotopic (exact) mass is 373 g/mol. The second-order valence-electron chi connectivity index (χ2n) is 5.90. The number of aryl methyl sites for hydroxylation is 1. The van der Waals surface area contributed by atoms with Crippen molar-refractivity contribution in [2.75, 3.05) is 11.1 Å². The molecule has 0 unspecified atom stereocenters. The molecule has 1 heterocycles. The molecule has 26 heavy (non-hydrogen) atoms. The Morgan fingerprint density at radius 1 is 1.04 bits per heavy atom. The number of unbranched alkanes of at least 4 members (excludes halogenated alkanes) is 1. The lowest BCUT2D eigenvalue weighted by Crippen LogP contribution is -2.35. The normalized spacial score (nSPS) is 12.0. The molecule has 0 atom stereocenters. The van der Waals surface area contributed by atoms with Crippen LogP contribution in [-0.4, -0.2) is 18.7 Å². The third-order valence-corrected chi connectivity index (χ3v) is 4.72. The van der Waals surface area contributed by atoms with Gasteiger partial charge in [-0.15, -0.1) is 0 Å². The van der Waals surface area contributed by atoms with Crippen molar-refractivity contribution in [3.63, 3.8) is 0 Å². The van der Waals surface area contributed by atoms with Crippen molar-refractivity contribution in [1.29, 1.82) is 0 Å². The van der Waals surface area contributed by atoms with Crippen LogP contribution in [0.3, 0.4) is 0 Å². The first-order valence-corrected chi connectivity index (χ1v) is 9.98. The number of nitrogens with one attached hydrogen (secondary N) is 1. The van der Waals surface area contributed by atoms with Crippen molar-refractivity contribution in [3.8, 4) is 0 Å². The van der Waals surface area contributed by atoms with Crippen LogP contribution >= 0.6 is 0 Å². The highest BCUT2D eigenvalue weighted by molar-refractivity contribution is 7.85. The van der Waals surface area contributed by atoms with E-state index in [4.69, 9.17) is 8.97 Å². The molecule has 0 spiro atoms. The van der Waals surface area contributed by atoms with Crippen LogP contribution in [0.15, 0.2) is 65.2 Å². The predicted octanol–water partition coefficient (Wildman–Crippen LogP) is 3.47. The lowest BCUT2D eigenvalue weighted by atomic mass is 10.3. The fraction of sp³-hybridized carbons (Fsp3) is 0.211. The Balaban J connectivity index is 1.75. The number of benzene rings is 2. The molecule has 3 rings (SSSR count). The molecule has 1 aromatic heterocycles. The van der Waals surface area contributed by atoms with Crippen LogP contribution in [0.5, 0.6) is 0 Å². The predicted molar refractivity (Wildman–Crippen MR) is 101 cm³/mol. The maximum absolute atomic E-state index is 10.9. The van der Waals surface area contributed by atoms with Gasteiger partial charge in [0.2, 0.25) is 5.58 Å². The molecule has 0 saturated heterocycles. The Hall–Kier alpha value is -2.64. The first kappa shape index (κ1) is 18.2. The molecule has 0 radical (unpaired) electrons. The Bertz CT molecular complexity index is 995. The minimum absolute atomic E-state index is 0.232. The van der Waals surface area contributed by atoms with Gasteiger partial charge in [-0.05, 0) is 24.6 Å². The zero-order valence-corrected chi connectivity index (χ0v) is 15.0. The van der Waals surface area contributed by atoms with Crippen LogP contribution in [0.4, 0.5) is 5.69 Å². The van der Waals surface area contributed by atoms with Crippen LogP contribution in [0.1, 0.15) is 18.7 Å². The number of oxazole rings is 1. The summed E-state index contributed by atoms with van der Waals surface area (Å²) >= 11 is 0. The molecule has 6 nitrogen and oxygen atoms in total. The number of anilines is 1. The summed E-state index contributed by atoms with van der Waals surface area (Å²) in [5.41, 5.74) is 2.68. The molecule has 0 aliphatic rings. The lowest BCUT2D eigenvalue weighted by Gasteiger charge is -1.98. The van der Waals surface area contributed by atoms with Gasteiger partial charge in [0, 0.05) is 24.4 Å². The van der Waals surface area contributed by atoms with Gasteiger partial charge in [-0.2, -0.15) is 13.0 Å². The van der Waals surface area contributed by atoms with Crippen LogP contribution in [0.2, 0.25) is 0 Å². The van der Waals surface area contributed by atoms with Crippen LogP contribution in [-0.2, 0) is 16.7 Å². The van der Waals surface area contributed by atoms with E-state index in [9.17, 15) is 8.42 Å². The van der Waals surface area contributed by atoms with Gasteiger partial charge in [0.05, 0.1) is 11.8 Å². The minimum Gasteiger partial charge on any atom is -0.398 e. The molecule has 0 bridgehead atoms. The van der Waals surface area contributed by atoms with Gasteiger partial charge in [-0.25, -0.2) is 0 Å². The van der Waals surface area contributed by atoms with Crippen molar-refractivity contribution in [2.45, 2.75) is 19.4 Å². The van der Waals surface area contributed by atoms with E-state index < -0.39 is 10.1 Å². The van der Waals surface area contributed by atoms with Gasteiger partial charge in [0.1, 0.15) is 0 Å². The molecule has 0 amide bonds. The standard InChI is InChI=1S/C19H20N2O4S/c22-26(23,24)15-7-6-14-21-17-10-4-5-11-18(17)25-19(21)12-13-20-16-8-2-1-3-9-16/h1-5,8-13H,6-7,14-15H2,(H,22,23,24)/p+1. The number of fused-ring (bicyclic) bond motifs is 1. The van der Waals surface area contributed by atoms with Crippen molar-refractivity contribution in [3.05, 3.63) is 66.7 Å². The molecule has 0 saturated carbocycles. The van der Waals surface area contributed by atoms with Gasteiger partial charge < -0.3 is 9.73 Å². The third kappa shape index (κ3) is 4.93. The van der Waals surface area contributed by atoms with E-state index in [1.807, 2.05) is 71.4 Å². The number of nitrogens with zero attached hydrogens (tertiary/aromatic N) is 1. The molecule has 0 aliphatic heterocycles. The van der Waals surface area contributed by atoms with Gasteiger partial charge in [0.25, 0.3) is 15.6 Å². The van der Waals surface area contributed by atoms with Crippen molar-refractivity contribution in [1.82, 2.24) is 0 Å². The fourth-order valence-corrected chi connectivity index (χ4v) is 3.27. The van der Waals surface area contributed by atoms with E-state index in [0.29, 0.717) is 25.3 Å². The maximum atomic E-state index is 10.9. The van der Waals surface area contributed by atoms with Gasteiger partial charge in [0.15, 0.2) is 6.54 Å². The molecule has 0 fully saturated rings. The zero-order valence-electron chi connectivity index (χ0n) is 14.2. The molecular weight excluding hydrogens is 352 g/mol. The largest absolute Gasteiger partial charge is 0.398 e. The average molecular weight is 373 g/mol. The smallest absolute Gasteiger partial charge is 0.375 e. The summed E-state index contributed by atoms with van der Waals surface area (Å²) in [5.74, 6) is 0.436. The number of rotatable bonds is 8. The second-order valence-corrected chi connectivity index (χ2v) is 7.47. The van der Waals surface area contributed by atoms with Gasteiger partial charge in [-0.1, -0.05) is 30.3 Å². The summed E-state index contributed by atoms with van der Waals surface area (Å²) in [6.45, 7) is 0.595. The number of para-hydroxylation sites is 3. The number of hydrogen-bond acceptors (Lipinski definition) is 4. The topological polar surface area (TPSA) is 83.4 Å². The molecular formula is C19H21N2O4S+. The highest BCUT2D eigenvalue weighted by Gasteiger charge is 2.20. The van der Waals surface area contributed by atoms with Gasteiger partial charge >= 0.3 is 5.89 Å². The number of hydrogen-bond donors (Lipinski definition) is 2. The van der Waals surface area contributed by atoms with E-state index >= 15 is 0 Å². The SMILES string of the molecule is O=S(=O)(O)CCCC[n+]1c(/C=C/Nc2ccccc2)oc2ccccc21. The highest BCUT2D eigenvalue weighted by Crippen LogP contribution is 2.15. The Kier molecular flexibility index (Phi) is 5.70. The Labute approximate surface area is 152 Å². The molecule has 3 aromatic rings. The average Bonchev–Trinajstić information content (AvgIpc) is 2.96. The van der Waals surface area contributed by atoms with E-state index in [2.05, 4.69) is 5.32 Å². The molecule has 136 valence electrons. The first-order valence-electron chi connectivity index (χ1n) is 8.37. The summed E-state index contributed by atoms with van der Waals surface area (Å²) in [5, 5.41) is 3.19. The lowest BCUT2D eigenvalue weighted by molar-refractivity contribution is -0.678. The minimum atomic E-state index is -3.92. The quantitative estimate of drug-likeness (QED) is 0.359. The van der Waals surface area contributed by atoms with Gasteiger partial charge in [-0.3, -0.25) is 4.55 Å². The van der Waals surface area contributed by atoms with E-state index in [0.717, 1.165) is 16.8 Å². The van der Waals surface area contributed by atoms with Crippen molar-refractivity contribution >= 4 is 33.0 Å². The third-order valence-electron chi connectivity index (χ3n) is 3.92. The molecule has 7 heteroatoms. The van der Waals surface area contributed by atoms with E-state index in [1.54, 1.807) is 0 Å². The molecule has 2 N–H and O–H groups in total. The molecule has 2 aromatic carbocycles.